The molecule has 0 saturated heterocycles. The van der Waals surface area contributed by atoms with E-state index in [-0.39, 0.29) is 32.8 Å². The number of phosphoric ester groups is 1. The molecule has 0 aromatic carbocycles. The summed E-state index contributed by atoms with van der Waals surface area (Å²) in [5.74, 6) is -0.412. The predicted molar refractivity (Wildman–Crippen MR) is 219 cm³/mol. The summed E-state index contributed by atoms with van der Waals surface area (Å²) in [4.78, 5) is 22.4. The van der Waals surface area contributed by atoms with Gasteiger partial charge in [0.1, 0.15) is 6.61 Å². The quantitative estimate of drug-likeness (QED) is 0.0211. The van der Waals surface area contributed by atoms with Gasteiger partial charge in [-0.3, -0.25) is 13.8 Å². The summed E-state index contributed by atoms with van der Waals surface area (Å²) in [6.45, 7) is 4.11. The molecule has 1 unspecified atom stereocenters. The van der Waals surface area contributed by atoms with Crippen molar-refractivity contribution >= 4 is 13.8 Å². The van der Waals surface area contributed by atoms with Crippen molar-refractivity contribution in [2.75, 3.05) is 26.4 Å². The van der Waals surface area contributed by atoms with Gasteiger partial charge in [0, 0.05) is 13.0 Å². The largest absolute Gasteiger partial charge is 0.498 e. The van der Waals surface area contributed by atoms with Gasteiger partial charge >= 0.3 is 13.8 Å². The molecule has 0 aliphatic carbocycles. The molecule has 0 heterocycles. The molecule has 9 heteroatoms. The SMILES string of the molecule is CCCCC/C=C\C/C=C\C/C=C\C/C=C\CCCC(=O)O[C@H](CO/C=C\CCCCCC/C=C\CCCCCCCC)COP(=O)(O)OCCN. The molecule has 0 amide bonds. The molecule has 3 N–H and O–H groups in total. The summed E-state index contributed by atoms with van der Waals surface area (Å²) < 4.78 is 33.0. The van der Waals surface area contributed by atoms with Gasteiger partial charge in [0.05, 0.1) is 19.5 Å². The molecule has 0 radical (unpaired) electrons. The molecule has 0 fully saturated rings. The van der Waals surface area contributed by atoms with Crippen molar-refractivity contribution in [1.29, 1.82) is 0 Å². The normalized spacial score (nSPS) is 14.2. The van der Waals surface area contributed by atoms with Crippen molar-refractivity contribution in [3.63, 3.8) is 0 Å². The van der Waals surface area contributed by atoms with Crippen molar-refractivity contribution in [3.05, 3.63) is 73.1 Å². The van der Waals surface area contributed by atoms with E-state index in [1.165, 1.54) is 89.9 Å². The first-order valence-electron chi connectivity index (χ1n) is 20.5. The van der Waals surface area contributed by atoms with Gasteiger partial charge < -0.3 is 20.1 Å². The highest BCUT2D eigenvalue weighted by molar-refractivity contribution is 7.47. The molecule has 8 nitrogen and oxygen atoms in total. The first-order valence-corrected chi connectivity index (χ1v) is 22.0. The Morgan fingerprint density at radius 3 is 1.60 bits per heavy atom. The zero-order valence-corrected chi connectivity index (χ0v) is 33.9. The second kappa shape index (κ2) is 40.0. The molecule has 0 saturated carbocycles. The van der Waals surface area contributed by atoms with Crippen molar-refractivity contribution in [3.8, 4) is 0 Å². The number of carbonyl (C=O) groups excluding carboxylic acids is 1. The number of allylic oxidation sites excluding steroid dienone is 11. The highest BCUT2D eigenvalue weighted by Gasteiger charge is 2.25. The zero-order valence-electron chi connectivity index (χ0n) is 33.0. The molecule has 0 spiro atoms. The fraction of sp³-hybridized carbons (Fsp3) is 0.698. The van der Waals surface area contributed by atoms with Crippen molar-refractivity contribution < 1.29 is 32.8 Å². The third-order valence-electron chi connectivity index (χ3n) is 8.16. The Hall–Kier alpha value is -2.22. The Labute approximate surface area is 318 Å². The Morgan fingerprint density at radius 1 is 0.596 bits per heavy atom. The lowest BCUT2D eigenvalue weighted by atomic mass is 10.1. The van der Waals surface area contributed by atoms with Gasteiger partial charge in [0.2, 0.25) is 0 Å². The summed E-state index contributed by atoms with van der Waals surface area (Å²) in [5.41, 5.74) is 5.35. The van der Waals surface area contributed by atoms with E-state index >= 15 is 0 Å². The number of phosphoric acid groups is 1. The Balaban J connectivity index is 4.26. The number of hydrogen-bond acceptors (Lipinski definition) is 7. The average molecular weight is 750 g/mol. The maximum Gasteiger partial charge on any atom is 0.472 e. The van der Waals surface area contributed by atoms with Crippen LogP contribution in [0.5, 0.6) is 0 Å². The molecule has 0 aromatic heterocycles. The van der Waals surface area contributed by atoms with Gasteiger partial charge in [0.15, 0.2) is 6.10 Å². The molecule has 0 aliphatic heterocycles. The standard InChI is InChI=1S/C43H76NO7P/c1-3-5-7-9-11-13-15-17-19-21-22-24-26-28-30-32-34-36-43(45)51-42(41-50-52(46,47)49-39-37-44)40-48-38-35-33-31-29-27-25-23-20-18-16-14-12-10-8-6-4-2/h11,13,17-20,22,24,28,30,35,38,42H,3-10,12,14-16,21,23,25-27,29,31-34,36-37,39-41,44H2,1-2H3,(H,46,47)/b13-11-,19-17-,20-18-,24-22-,30-28-,38-35-/t42-/m1/s1. The van der Waals surface area contributed by atoms with Crippen molar-refractivity contribution in [1.82, 2.24) is 0 Å². The van der Waals surface area contributed by atoms with Crippen LogP contribution in [0, 0.1) is 0 Å². The van der Waals surface area contributed by atoms with Crippen LogP contribution in [0.3, 0.4) is 0 Å². The molecule has 300 valence electrons. The zero-order chi connectivity index (χ0) is 38.1. The minimum atomic E-state index is -4.31. The fourth-order valence-electron chi connectivity index (χ4n) is 5.12. The topological polar surface area (TPSA) is 117 Å². The number of hydrogen-bond donors (Lipinski definition) is 2. The molecule has 52 heavy (non-hydrogen) atoms. The van der Waals surface area contributed by atoms with Crippen LogP contribution in [-0.2, 0) is 27.9 Å². The van der Waals surface area contributed by atoms with Crippen LogP contribution in [0.25, 0.3) is 0 Å². The number of nitrogens with two attached hydrogens (primary N) is 1. The minimum absolute atomic E-state index is 0.00137. The van der Waals surface area contributed by atoms with E-state index < -0.39 is 19.9 Å². The number of rotatable bonds is 38. The summed E-state index contributed by atoms with van der Waals surface area (Å²) in [6, 6.07) is 0. The Bertz CT molecular complexity index is 1020. The van der Waals surface area contributed by atoms with E-state index in [0.717, 1.165) is 44.9 Å². The maximum absolute atomic E-state index is 12.5. The molecule has 0 rings (SSSR count). The van der Waals surface area contributed by atoms with Gasteiger partial charge in [-0.1, -0.05) is 132 Å². The number of unbranched alkanes of at least 4 members (excludes halogenated alkanes) is 15. The predicted octanol–water partition coefficient (Wildman–Crippen LogP) is 12.3. The fourth-order valence-corrected chi connectivity index (χ4v) is 5.89. The lowest BCUT2D eigenvalue weighted by Gasteiger charge is -2.19. The van der Waals surface area contributed by atoms with Gasteiger partial charge in [-0.2, -0.15) is 0 Å². The summed E-state index contributed by atoms with van der Waals surface area (Å²) in [7, 11) is -4.31. The van der Waals surface area contributed by atoms with Crippen LogP contribution in [0.15, 0.2) is 73.1 Å². The molecular weight excluding hydrogens is 673 g/mol. The summed E-state index contributed by atoms with van der Waals surface area (Å²) in [5, 5.41) is 0. The van der Waals surface area contributed by atoms with Gasteiger partial charge in [-0.15, -0.1) is 0 Å². The van der Waals surface area contributed by atoms with Gasteiger partial charge in [0.25, 0.3) is 0 Å². The second-order valence-electron chi connectivity index (χ2n) is 13.2. The number of carbonyl (C=O) groups is 1. The highest BCUT2D eigenvalue weighted by Crippen LogP contribution is 2.43. The smallest absolute Gasteiger partial charge is 0.472 e. The molecule has 0 bridgehead atoms. The van der Waals surface area contributed by atoms with Crippen molar-refractivity contribution in [2.45, 2.75) is 168 Å². The van der Waals surface area contributed by atoms with E-state index in [2.05, 4.69) is 74.6 Å². The molecule has 0 aromatic rings. The van der Waals surface area contributed by atoms with E-state index in [0.29, 0.717) is 6.42 Å². The first-order chi connectivity index (χ1) is 25.4. The molecule has 0 aliphatic rings. The van der Waals surface area contributed by atoms with Crippen LogP contribution in [0.2, 0.25) is 0 Å². The Morgan fingerprint density at radius 2 is 1.04 bits per heavy atom. The minimum Gasteiger partial charge on any atom is -0.498 e. The summed E-state index contributed by atoms with van der Waals surface area (Å²) in [6.07, 6.45) is 50.1. The first kappa shape index (κ1) is 49.8. The lowest BCUT2D eigenvalue weighted by molar-refractivity contribution is -0.153. The number of esters is 1. The van der Waals surface area contributed by atoms with E-state index in [9.17, 15) is 14.3 Å². The van der Waals surface area contributed by atoms with E-state index in [1.807, 2.05) is 6.08 Å². The molecule has 2 atom stereocenters. The van der Waals surface area contributed by atoms with Crippen LogP contribution in [0.1, 0.15) is 162 Å². The maximum atomic E-state index is 12.5. The van der Waals surface area contributed by atoms with E-state index in [4.69, 9.17) is 24.3 Å². The summed E-state index contributed by atoms with van der Waals surface area (Å²) >= 11 is 0. The lowest BCUT2D eigenvalue weighted by Crippen LogP contribution is -2.27. The third kappa shape index (κ3) is 39.0. The van der Waals surface area contributed by atoms with Gasteiger partial charge in [-0.05, 0) is 89.5 Å². The monoisotopic (exact) mass is 750 g/mol. The van der Waals surface area contributed by atoms with Crippen LogP contribution in [0.4, 0.5) is 0 Å². The van der Waals surface area contributed by atoms with Crippen LogP contribution < -0.4 is 5.73 Å². The van der Waals surface area contributed by atoms with E-state index in [1.54, 1.807) is 6.26 Å². The highest BCUT2D eigenvalue weighted by atomic mass is 31.2. The van der Waals surface area contributed by atoms with Gasteiger partial charge in [-0.25, -0.2) is 4.57 Å². The van der Waals surface area contributed by atoms with Crippen LogP contribution >= 0.6 is 7.82 Å². The number of ether oxygens (including phenoxy) is 2. The second-order valence-corrected chi connectivity index (χ2v) is 14.7. The van der Waals surface area contributed by atoms with Crippen molar-refractivity contribution in [2.24, 2.45) is 5.73 Å². The Kier molecular flexibility index (Phi) is 38.3. The third-order valence-corrected chi connectivity index (χ3v) is 9.14. The average Bonchev–Trinajstić information content (AvgIpc) is 3.13. The molecular formula is C43H76NO7P. The van der Waals surface area contributed by atoms with Crippen LogP contribution in [-0.4, -0.2) is 43.3 Å².